The summed E-state index contributed by atoms with van der Waals surface area (Å²) >= 11 is 8.70. The number of benzene rings is 1. The molecule has 0 saturated heterocycles. The number of halogens is 5. The lowest BCUT2D eigenvalue weighted by Crippen LogP contribution is -2.40. The molecule has 0 aromatic heterocycles. The van der Waals surface area contributed by atoms with Crippen LogP contribution in [0.25, 0.3) is 0 Å². The van der Waals surface area contributed by atoms with E-state index in [0.717, 1.165) is 12.1 Å². The fourth-order valence-corrected chi connectivity index (χ4v) is 3.47. The third kappa shape index (κ3) is 4.59. The molecule has 0 amide bonds. The van der Waals surface area contributed by atoms with E-state index >= 15 is 0 Å². The quantitative estimate of drug-likeness (QED) is 0.832. The van der Waals surface area contributed by atoms with E-state index in [0.29, 0.717) is 0 Å². The summed E-state index contributed by atoms with van der Waals surface area (Å²) in [6, 6.07) is 3.46. The first-order valence-electron chi connectivity index (χ1n) is 5.21. The molecule has 0 heterocycles. The van der Waals surface area contributed by atoms with Gasteiger partial charge in [0, 0.05) is 11.0 Å². The van der Waals surface area contributed by atoms with Crippen molar-refractivity contribution in [2.75, 3.05) is 19.7 Å². The van der Waals surface area contributed by atoms with Gasteiger partial charge in [0.05, 0.1) is 16.5 Å². The van der Waals surface area contributed by atoms with Gasteiger partial charge in [-0.2, -0.15) is 17.5 Å². The molecule has 0 saturated carbocycles. The Bertz CT molecular complexity index is 580. The van der Waals surface area contributed by atoms with Gasteiger partial charge in [-0.15, -0.1) is 0 Å². The van der Waals surface area contributed by atoms with Crippen LogP contribution in [0.1, 0.15) is 0 Å². The number of hydrogen-bond donors (Lipinski definition) is 1. The number of alkyl halides is 3. The van der Waals surface area contributed by atoms with Crippen LogP contribution in [0.4, 0.5) is 13.2 Å². The Balaban J connectivity index is 3.18. The standard InChI is InChI=1S/C10H10BrClF3NO3S/c11-8-5-7(1-2-9(8)12)20(18,19)16(3-4-17)6-10(13,14)15/h1-2,5,17H,3-4,6H2. The third-order valence-corrected chi connectivity index (χ3v) is 5.29. The number of aliphatic hydroxyl groups is 1. The van der Waals surface area contributed by atoms with Crippen molar-refractivity contribution in [2.45, 2.75) is 11.1 Å². The fourth-order valence-electron chi connectivity index (χ4n) is 1.38. The number of sulfonamides is 1. The highest BCUT2D eigenvalue weighted by Gasteiger charge is 2.36. The molecule has 114 valence electrons. The van der Waals surface area contributed by atoms with Crippen molar-refractivity contribution in [2.24, 2.45) is 0 Å². The topological polar surface area (TPSA) is 57.6 Å². The predicted molar refractivity (Wildman–Crippen MR) is 71.1 cm³/mol. The molecule has 20 heavy (non-hydrogen) atoms. The lowest BCUT2D eigenvalue weighted by Gasteiger charge is -2.22. The summed E-state index contributed by atoms with van der Waals surface area (Å²) in [6.45, 7) is -3.04. The summed E-state index contributed by atoms with van der Waals surface area (Å²) in [7, 11) is -4.37. The Hall–Kier alpha value is -0.350. The smallest absolute Gasteiger partial charge is 0.395 e. The maximum Gasteiger partial charge on any atom is 0.402 e. The van der Waals surface area contributed by atoms with Crippen molar-refractivity contribution < 1.29 is 26.7 Å². The fraction of sp³-hybridized carbons (Fsp3) is 0.400. The van der Waals surface area contributed by atoms with Gasteiger partial charge in [0.15, 0.2) is 0 Å². The van der Waals surface area contributed by atoms with E-state index in [2.05, 4.69) is 15.9 Å². The van der Waals surface area contributed by atoms with E-state index < -0.39 is 35.9 Å². The maximum atomic E-state index is 12.4. The average Bonchev–Trinajstić information content (AvgIpc) is 2.30. The molecular formula is C10H10BrClF3NO3S. The van der Waals surface area contributed by atoms with E-state index in [1.807, 2.05) is 0 Å². The van der Waals surface area contributed by atoms with Crippen LogP contribution < -0.4 is 0 Å². The molecule has 4 nitrogen and oxygen atoms in total. The molecular weight excluding hydrogens is 387 g/mol. The molecule has 0 bridgehead atoms. The van der Waals surface area contributed by atoms with Gasteiger partial charge in [-0.3, -0.25) is 0 Å². The van der Waals surface area contributed by atoms with Gasteiger partial charge in [-0.1, -0.05) is 11.6 Å². The van der Waals surface area contributed by atoms with Gasteiger partial charge >= 0.3 is 6.18 Å². The van der Waals surface area contributed by atoms with Crippen molar-refractivity contribution >= 4 is 37.6 Å². The Morgan fingerprint density at radius 2 is 1.95 bits per heavy atom. The second-order valence-electron chi connectivity index (χ2n) is 3.75. The average molecular weight is 397 g/mol. The predicted octanol–water partition coefficient (Wildman–Crippen LogP) is 2.65. The first-order chi connectivity index (χ1) is 9.08. The molecule has 1 N–H and O–H groups in total. The summed E-state index contributed by atoms with van der Waals surface area (Å²) < 4.78 is 61.8. The number of aliphatic hydroxyl groups excluding tert-OH is 1. The molecule has 0 radical (unpaired) electrons. The van der Waals surface area contributed by atoms with Crippen LogP contribution in [0.3, 0.4) is 0 Å². The van der Waals surface area contributed by atoms with Gasteiger partial charge in [0.2, 0.25) is 10.0 Å². The van der Waals surface area contributed by atoms with E-state index in [9.17, 15) is 21.6 Å². The zero-order valence-corrected chi connectivity index (χ0v) is 13.0. The minimum Gasteiger partial charge on any atom is -0.395 e. The summed E-state index contributed by atoms with van der Waals surface area (Å²) in [5, 5.41) is 8.97. The highest BCUT2D eigenvalue weighted by Crippen LogP contribution is 2.28. The van der Waals surface area contributed by atoms with Crippen LogP contribution in [0.15, 0.2) is 27.6 Å². The van der Waals surface area contributed by atoms with Gasteiger partial charge in [-0.25, -0.2) is 8.42 Å². The van der Waals surface area contributed by atoms with Gasteiger partial charge in [-0.05, 0) is 34.1 Å². The van der Waals surface area contributed by atoms with Crippen molar-refractivity contribution in [3.05, 3.63) is 27.7 Å². The van der Waals surface area contributed by atoms with Crippen molar-refractivity contribution in [3.8, 4) is 0 Å². The van der Waals surface area contributed by atoms with Crippen LogP contribution >= 0.6 is 27.5 Å². The number of rotatable bonds is 5. The Morgan fingerprint density at radius 1 is 1.35 bits per heavy atom. The first kappa shape index (κ1) is 17.7. The van der Waals surface area contributed by atoms with Crippen LogP contribution in [0.2, 0.25) is 5.02 Å². The summed E-state index contributed by atoms with van der Waals surface area (Å²) in [5.74, 6) is 0. The van der Waals surface area contributed by atoms with Gasteiger partial charge < -0.3 is 5.11 Å². The minimum atomic E-state index is -4.70. The van der Waals surface area contributed by atoms with E-state index in [1.165, 1.54) is 6.07 Å². The van der Waals surface area contributed by atoms with Crippen LogP contribution in [-0.4, -0.2) is 43.7 Å². The monoisotopic (exact) mass is 395 g/mol. The minimum absolute atomic E-state index is 0.169. The molecule has 1 aromatic carbocycles. The second kappa shape index (κ2) is 6.61. The Morgan fingerprint density at radius 3 is 2.40 bits per heavy atom. The molecule has 1 aromatic rings. The van der Waals surface area contributed by atoms with E-state index in [1.54, 1.807) is 0 Å². The summed E-state index contributed by atoms with van der Waals surface area (Å²) in [4.78, 5) is -0.341. The van der Waals surface area contributed by atoms with Crippen molar-refractivity contribution in [3.63, 3.8) is 0 Å². The molecule has 0 aliphatic carbocycles. The zero-order chi connectivity index (χ0) is 15.6. The third-order valence-electron chi connectivity index (χ3n) is 2.23. The molecule has 1 rings (SSSR count). The first-order valence-corrected chi connectivity index (χ1v) is 7.82. The van der Waals surface area contributed by atoms with Crippen LogP contribution in [0, 0.1) is 0 Å². The largest absolute Gasteiger partial charge is 0.402 e. The van der Waals surface area contributed by atoms with Crippen molar-refractivity contribution in [1.82, 2.24) is 4.31 Å². The van der Waals surface area contributed by atoms with Crippen LogP contribution in [-0.2, 0) is 10.0 Å². The molecule has 0 fully saturated rings. The number of hydrogen-bond acceptors (Lipinski definition) is 3. The van der Waals surface area contributed by atoms with Crippen molar-refractivity contribution in [1.29, 1.82) is 0 Å². The number of nitrogens with zero attached hydrogens (tertiary/aromatic N) is 1. The Labute approximate surface area is 127 Å². The summed E-state index contributed by atoms with van der Waals surface area (Å²) in [5.41, 5.74) is 0. The van der Waals surface area contributed by atoms with Crippen LogP contribution in [0.5, 0.6) is 0 Å². The zero-order valence-electron chi connectivity index (χ0n) is 9.86. The Kier molecular flexibility index (Phi) is 5.85. The molecule has 0 aliphatic heterocycles. The summed E-state index contributed by atoms with van der Waals surface area (Å²) in [6.07, 6.45) is -4.70. The molecule has 0 aliphatic rings. The maximum absolute atomic E-state index is 12.4. The van der Waals surface area contributed by atoms with Gasteiger partial charge in [0.1, 0.15) is 6.54 Å². The molecule has 0 spiro atoms. The van der Waals surface area contributed by atoms with E-state index in [-0.39, 0.29) is 18.7 Å². The normalized spacial score (nSPS) is 12.9. The second-order valence-corrected chi connectivity index (χ2v) is 6.95. The molecule has 0 unspecified atom stereocenters. The highest BCUT2D eigenvalue weighted by molar-refractivity contribution is 9.10. The SMILES string of the molecule is O=S(=O)(c1ccc(Cl)c(Br)c1)N(CCO)CC(F)(F)F. The lowest BCUT2D eigenvalue weighted by molar-refractivity contribution is -0.136. The highest BCUT2D eigenvalue weighted by atomic mass is 79.9. The van der Waals surface area contributed by atoms with E-state index in [4.69, 9.17) is 16.7 Å². The molecule has 0 atom stereocenters. The molecule has 10 heteroatoms. The van der Waals surface area contributed by atoms with Gasteiger partial charge in [0.25, 0.3) is 0 Å². The lowest BCUT2D eigenvalue weighted by atomic mass is 10.4.